The van der Waals surface area contributed by atoms with Gasteiger partial charge < -0.3 is 10.1 Å². The number of anilines is 2. The first-order chi connectivity index (χ1) is 12.3. The van der Waals surface area contributed by atoms with Crippen molar-refractivity contribution in [3.8, 4) is 5.75 Å². The van der Waals surface area contributed by atoms with Crippen LogP contribution in [0, 0.1) is 0 Å². The van der Waals surface area contributed by atoms with Gasteiger partial charge >= 0.3 is 0 Å². The van der Waals surface area contributed by atoms with E-state index in [0.29, 0.717) is 22.1 Å². The van der Waals surface area contributed by atoms with Crippen molar-refractivity contribution < 1.29 is 17.9 Å². The quantitative estimate of drug-likeness (QED) is 0.863. The molecule has 0 saturated carbocycles. The normalized spacial score (nSPS) is 21.4. The molecule has 6 nitrogen and oxygen atoms in total. The van der Waals surface area contributed by atoms with Gasteiger partial charge in [-0.15, -0.1) is 0 Å². The fraction of sp³-hybridized carbons (Fsp3) is 0.278. The van der Waals surface area contributed by atoms with Gasteiger partial charge in [0.1, 0.15) is 5.75 Å². The van der Waals surface area contributed by atoms with Crippen LogP contribution in [-0.2, 0) is 14.8 Å². The molecule has 138 valence electrons. The number of carbonyl (C=O) groups is 1. The average molecular weight is 395 g/mol. The number of ether oxygens (including phenoxy) is 1. The number of methoxy groups -OCH3 is 1. The number of halogens is 1. The van der Waals surface area contributed by atoms with Gasteiger partial charge in [-0.3, -0.25) is 9.10 Å². The first kappa shape index (κ1) is 18.5. The Balaban J connectivity index is 1.86. The molecule has 3 rings (SSSR count). The summed E-state index contributed by atoms with van der Waals surface area (Å²) in [6.07, 6.45) is 0.194. The first-order valence-corrected chi connectivity index (χ1v) is 9.84. The fourth-order valence-corrected chi connectivity index (χ4v) is 5.02. The Morgan fingerprint density at radius 3 is 2.54 bits per heavy atom. The first-order valence-electron chi connectivity index (χ1n) is 8.02. The number of benzene rings is 2. The number of amides is 1. The fourth-order valence-electron chi connectivity index (χ4n) is 2.91. The van der Waals surface area contributed by atoms with E-state index in [-0.39, 0.29) is 13.0 Å². The summed E-state index contributed by atoms with van der Waals surface area (Å²) in [6.45, 7) is 1.70. The van der Waals surface area contributed by atoms with Crippen LogP contribution in [0.2, 0.25) is 5.02 Å². The molecule has 1 fully saturated rings. The van der Waals surface area contributed by atoms with E-state index < -0.39 is 20.7 Å². The van der Waals surface area contributed by atoms with Gasteiger partial charge in [-0.05, 0) is 43.7 Å². The third-order valence-electron chi connectivity index (χ3n) is 4.59. The number of nitrogens with one attached hydrogen (secondary N) is 1. The Hall–Kier alpha value is -2.25. The lowest BCUT2D eigenvalue weighted by atomic mass is 10.1. The molecule has 1 aliphatic rings. The molecular formula is C18H19ClN2O4S. The molecule has 8 heteroatoms. The number of para-hydroxylation sites is 1. The van der Waals surface area contributed by atoms with Crippen molar-refractivity contribution in [3.05, 3.63) is 53.6 Å². The number of carbonyl (C=O) groups excluding carboxylic acids is 1. The van der Waals surface area contributed by atoms with E-state index in [4.69, 9.17) is 16.3 Å². The number of hydrogen-bond donors (Lipinski definition) is 1. The van der Waals surface area contributed by atoms with E-state index in [0.717, 1.165) is 0 Å². The molecule has 1 heterocycles. The molecule has 0 spiro atoms. The van der Waals surface area contributed by atoms with Crippen LogP contribution < -0.4 is 14.4 Å². The third kappa shape index (κ3) is 3.01. The van der Waals surface area contributed by atoms with E-state index in [1.54, 1.807) is 36.4 Å². The molecule has 0 bridgehead atoms. The molecule has 1 saturated heterocycles. The lowest BCUT2D eigenvalue weighted by Gasteiger charge is -2.25. The zero-order valence-electron chi connectivity index (χ0n) is 14.4. The standard InChI is InChI=1S/C18H19ClN2O4S/c1-18(17(22)20-13-8-9-16(25-2)15(19)12-13)10-11-21(26(18,23)24)14-6-4-3-5-7-14/h3-9,12H,10-11H2,1-2H3,(H,20,22). The van der Waals surface area contributed by atoms with Gasteiger partial charge in [-0.25, -0.2) is 8.42 Å². The highest BCUT2D eigenvalue weighted by molar-refractivity contribution is 7.95. The summed E-state index contributed by atoms with van der Waals surface area (Å²) in [5.74, 6) is -0.114. The van der Waals surface area contributed by atoms with Crippen LogP contribution in [0.3, 0.4) is 0 Å². The zero-order chi connectivity index (χ0) is 18.9. The van der Waals surface area contributed by atoms with Gasteiger partial charge in [0.05, 0.1) is 17.8 Å². The second kappa shape index (κ2) is 6.81. The monoisotopic (exact) mass is 394 g/mol. The SMILES string of the molecule is COc1ccc(NC(=O)C2(C)CCN(c3ccccc3)S2(=O)=O)cc1Cl. The van der Waals surface area contributed by atoms with Gasteiger partial charge in [-0.1, -0.05) is 29.8 Å². The minimum Gasteiger partial charge on any atom is -0.495 e. The predicted molar refractivity (Wildman–Crippen MR) is 102 cm³/mol. The van der Waals surface area contributed by atoms with Crippen molar-refractivity contribution in [2.45, 2.75) is 18.1 Å². The molecule has 26 heavy (non-hydrogen) atoms. The molecule has 0 radical (unpaired) electrons. The number of hydrogen-bond acceptors (Lipinski definition) is 4. The maximum atomic E-state index is 13.0. The summed E-state index contributed by atoms with van der Waals surface area (Å²) in [5.41, 5.74) is 0.965. The molecule has 1 N–H and O–H groups in total. The summed E-state index contributed by atoms with van der Waals surface area (Å²) in [5, 5.41) is 2.99. The van der Waals surface area contributed by atoms with Gasteiger partial charge in [0.15, 0.2) is 4.75 Å². The molecule has 1 amide bonds. The van der Waals surface area contributed by atoms with Crippen LogP contribution in [0.4, 0.5) is 11.4 Å². The maximum Gasteiger partial charge on any atom is 0.249 e. The topological polar surface area (TPSA) is 75.7 Å². The summed E-state index contributed by atoms with van der Waals surface area (Å²) in [6, 6.07) is 13.5. The molecule has 1 atom stereocenters. The smallest absolute Gasteiger partial charge is 0.249 e. The summed E-state index contributed by atoms with van der Waals surface area (Å²) in [7, 11) is -2.37. The van der Waals surface area contributed by atoms with E-state index >= 15 is 0 Å². The van der Waals surface area contributed by atoms with Crippen molar-refractivity contribution >= 4 is 38.9 Å². The van der Waals surface area contributed by atoms with Crippen molar-refractivity contribution in [2.75, 3.05) is 23.3 Å². The molecule has 0 aliphatic carbocycles. The average Bonchev–Trinajstić information content (AvgIpc) is 2.86. The Labute approximate surface area is 157 Å². The van der Waals surface area contributed by atoms with Crippen molar-refractivity contribution in [1.82, 2.24) is 0 Å². The largest absolute Gasteiger partial charge is 0.495 e. The van der Waals surface area contributed by atoms with Crippen molar-refractivity contribution in [3.63, 3.8) is 0 Å². The van der Waals surface area contributed by atoms with Crippen LogP contribution in [-0.4, -0.2) is 32.7 Å². The number of rotatable bonds is 4. The Morgan fingerprint density at radius 1 is 1.23 bits per heavy atom. The molecule has 2 aromatic rings. The molecular weight excluding hydrogens is 376 g/mol. The Kier molecular flexibility index (Phi) is 4.86. The third-order valence-corrected chi connectivity index (χ3v) is 7.38. The lowest BCUT2D eigenvalue weighted by Crippen LogP contribution is -2.47. The van der Waals surface area contributed by atoms with Crippen LogP contribution in [0.25, 0.3) is 0 Å². The maximum absolute atomic E-state index is 13.0. The molecule has 0 aromatic heterocycles. The van der Waals surface area contributed by atoms with Crippen LogP contribution in [0.1, 0.15) is 13.3 Å². The van der Waals surface area contributed by atoms with Crippen LogP contribution >= 0.6 is 11.6 Å². The zero-order valence-corrected chi connectivity index (χ0v) is 16.0. The van der Waals surface area contributed by atoms with E-state index in [1.807, 2.05) is 6.07 Å². The van der Waals surface area contributed by atoms with Crippen molar-refractivity contribution in [2.24, 2.45) is 0 Å². The van der Waals surface area contributed by atoms with Crippen molar-refractivity contribution in [1.29, 1.82) is 0 Å². The molecule has 2 aromatic carbocycles. The van der Waals surface area contributed by atoms with E-state index in [9.17, 15) is 13.2 Å². The minimum atomic E-state index is -3.86. The van der Waals surface area contributed by atoms with Gasteiger partial charge in [0, 0.05) is 12.2 Å². The highest BCUT2D eigenvalue weighted by atomic mass is 35.5. The lowest BCUT2D eigenvalue weighted by molar-refractivity contribution is -0.118. The van der Waals surface area contributed by atoms with Gasteiger partial charge in [0.25, 0.3) is 0 Å². The second-order valence-corrected chi connectivity index (χ2v) is 8.90. The van der Waals surface area contributed by atoms with Gasteiger partial charge in [-0.2, -0.15) is 0 Å². The second-order valence-electron chi connectivity index (χ2n) is 6.20. The highest BCUT2D eigenvalue weighted by Crippen LogP contribution is 2.37. The Bertz CT molecular complexity index is 933. The Morgan fingerprint density at radius 2 is 1.92 bits per heavy atom. The minimum absolute atomic E-state index is 0.194. The number of nitrogens with zero attached hydrogens (tertiary/aromatic N) is 1. The summed E-state index contributed by atoms with van der Waals surface area (Å²) in [4.78, 5) is 12.8. The van der Waals surface area contributed by atoms with Crippen LogP contribution in [0.15, 0.2) is 48.5 Å². The van der Waals surface area contributed by atoms with E-state index in [2.05, 4.69) is 5.32 Å². The van der Waals surface area contributed by atoms with Gasteiger partial charge in [0.2, 0.25) is 15.9 Å². The summed E-state index contributed by atoms with van der Waals surface area (Å²) < 4.78 is 30.9. The number of sulfonamides is 1. The van der Waals surface area contributed by atoms with Crippen LogP contribution in [0.5, 0.6) is 5.75 Å². The molecule has 1 aliphatic heterocycles. The van der Waals surface area contributed by atoms with E-state index in [1.165, 1.54) is 24.4 Å². The highest BCUT2D eigenvalue weighted by Gasteiger charge is 2.54. The predicted octanol–water partition coefficient (Wildman–Crippen LogP) is 3.29. The summed E-state index contributed by atoms with van der Waals surface area (Å²) >= 11 is 6.06. The molecule has 1 unspecified atom stereocenters.